The lowest BCUT2D eigenvalue weighted by atomic mass is 10.1. The molecule has 15 heavy (non-hydrogen) atoms. The molecular formula is C7HCl2F4NO. The van der Waals surface area contributed by atoms with Crippen molar-refractivity contribution < 1.29 is 22.4 Å². The van der Waals surface area contributed by atoms with Crippen LogP contribution in [0.3, 0.4) is 0 Å². The van der Waals surface area contributed by atoms with Crippen molar-refractivity contribution in [2.75, 3.05) is 0 Å². The molecule has 82 valence electrons. The summed E-state index contributed by atoms with van der Waals surface area (Å²) in [6.07, 6.45) is -5.19. The molecule has 0 aromatic carbocycles. The first-order valence-electron chi connectivity index (χ1n) is 3.36. The zero-order valence-corrected chi connectivity index (χ0v) is 8.21. The third kappa shape index (κ3) is 2.57. The summed E-state index contributed by atoms with van der Waals surface area (Å²) >= 11 is 10.4. The number of hydrogen-bond donors (Lipinski definition) is 0. The van der Waals surface area contributed by atoms with Gasteiger partial charge in [-0.2, -0.15) is 13.2 Å². The number of pyridine rings is 1. The molecule has 0 unspecified atom stereocenters. The molecule has 1 aromatic rings. The van der Waals surface area contributed by atoms with Gasteiger partial charge < -0.3 is 0 Å². The molecule has 0 saturated heterocycles. The summed E-state index contributed by atoms with van der Waals surface area (Å²) in [5.41, 5.74) is -1.24. The van der Waals surface area contributed by atoms with E-state index in [1.165, 1.54) is 0 Å². The molecule has 0 fully saturated rings. The van der Waals surface area contributed by atoms with Crippen LogP contribution >= 0.6 is 23.2 Å². The molecule has 1 aromatic heterocycles. The summed E-state index contributed by atoms with van der Waals surface area (Å²) < 4.78 is 48.9. The maximum absolute atomic E-state index is 13.0. The average molecular weight is 262 g/mol. The van der Waals surface area contributed by atoms with Crippen LogP contribution in [0.1, 0.15) is 10.4 Å². The Morgan fingerprint density at radius 3 is 2.33 bits per heavy atom. The highest BCUT2D eigenvalue weighted by Gasteiger charge is 2.41. The van der Waals surface area contributed by atoms with Gasteiger partial charge in [0, 0.05) is 0 Å². The van der Waals surface area contributed by atoms with Gasteiger partial charge in [0.1, 0.15) is 5.15 Å². The van der Waals surface area contributed by atoms with E-state index in [4.69, 9.17) is 23.2 Å². The summed E-state index contributed by atoms with van der Waals surface area (Å²) in [6, 6.07) is 0.471. The van der Waals surface area contributed by atoms with E-state index in [-0.39, 0.29) is 0 Å². The number of halogens is 6. The largest absolute Gasteiger partial charge is 0.454 e. The monoisotopic (exact) mass is 261 g/mol. The average Bonchev–Trinajstić information content (AvgIpc) is 2.08. The summed E-state index contributed by atoms with van der Waals surface area (Å²) in [5, 5.41) is -1.37. The van der Waals surface area contributed by atoms with E-state index in [1.54, 1.807) is 0 Å². The third-order valence-electron chi connectivity index (χ3n) is 1.39. The van der Waals surface area contributed by atoms with Crippen molar-refractivity contribution >= 4 is 29.0 Å². The maximum atomic E-state index is 13.0. The van der Waals surface area contributed by atoms with Gasteiger partial charge >= 0.3 is 6.18 Å². The zero-order valence-electron chi connectivity index (χ0n) is 6.70. The first-order chi connectivity index (χ1) is 6.73. The van der Waals surface area contributed by atoms with Gasteiger partial charge in [0.15, 0.2) is 11.0 Å². The van der Waals surface area contributed by atoms with E-state index in [9.17, 15) is 22.4 Å². The fourth-order valence-corrected chi connectivity index (χ4v) is 1.22. The second kappa shape index (κ2) is 3.94. The Hall–Kier alpha value is -0.880. The highest BCUT2D eigenvalue weighted by molar-refractivity contribution is 6.33. The van der Waals surface area contributed by atoms with Gasteiger partial charge in [-0.25, -0.2) is 9.37 Å². The van der Waals surface area contributed by atoms with E-state index >= 15 is 0 Å². The molecule has 2 nitrogen and oxygen atoms in total. The molecule has 0 saturated carbocycles. The SMILES string of the molecule is O=C(c1cc(Cl)nc(Cl)c1F)C(F)(F)F. The highest BCUT2D eigenvalue weighted by Crippen LogP contribution is 2.27. The lowest BCUT2D eigenvalue weighted by molar-refractivity contribution is -0.0887. The van der Waals surface area contributed by atoms with E-state index in [2.05, 4.69) is 4.98 Å². The van der Waals surface area contributed by atoms with Crippen molar-refractivity contribution in [2.24, 2.45) is 0 Å². The molecule has 1 heterocycles. The Labute approximate surface area is 90.8 Å². The third-order valence-corrected chi connectivity index (χ3v) is 1.83. The van der Waals surface area contributed by atoms with E-state index < -0.39 is 33.6 Å². The summed E-state index contributed by atoms with van der Waals surface area (Å²) in [4.78, 5) is 13.8. The van der Waals surface area contributed by atoms with Crippen molar-refractivity contribution in [1.29, 1.82) is 0 Å². The second-order valence-electron chi connectivity index (χ2n) is 2.42. The fourth-order valence-electron chi connectivity index (χ4n) is 0.787. The van der Waals surface area contributed by atoms with E-state index in [0.29, 0.717) is 6.07 Å². The molecule has 0 aliphatic rings. The Balaban J connectivity index is 3.32. The normalized spacial score (nSPS) is 11.6. The van der Waals surface area contributed by atoms with Gasteiger partial charge in [0.25, 0.3) is 5.78 Å². The van der Waals surface area contributed by atoms with Crippen LogP contribution in [-0.2, 0) is 0 Å². The van der Waals surface area contributed by atoms with Crippen LogP contribution in [0.2, 0.25) is 10.3 Å². The second-order valence-corrected chi connectivity index (χ2v) is 3.17. The van der Waals surface area contributed by atoms with Crippen LogP contribution in [0.4, 0.5) is 17.6 Å². The minimum absolute atomic E-state index is 0.471. The van der Waals surface area contributed by atoms with Crippen molar-refractivity contribution in [2.45, 2.75) is 6.18 Å². The molecule has 0 aliphatic heterocycles. The first kappa shape index (κ1) is 12.2. The van der Waals surface area contributed by atoms with Crippen molar-refractivity contribution in [1.82, 2.24) is 4.98 Å². The predicted molar refractivity (Wildman–Crippen MR) is 44.6 cm³/mol. The maximum Gasteiger partial charge on any atom is 0.454 e. The molecule has 0 amide bonds. The van der Waals surface area contributed by atoms with E-state index in [0.717, 1.165) is 0 Å². The number of Topliss-reactive ketones (excluding diaryl/α,β-unsaturated/α-hetero) is 1. The summed E-state index contributed by atoms with van der Waals surface area (Å²) in [6.45, 7) is 0. The Kier molecular flexibility index (Phi) is 3.20. The van der Waals surface area contributed by atoms with Crippen LogP contribution in [-0.4, -0.2) is 16.9 Å². The summed E-state index contributed by atoms with van der Waals surface area (Å²) in [7, 11) is 0. The summed E-state index contributed by atoms with van der Waals surface area (Å²) in [5.74, 6) is -3.89. The number of nitrogens with zero attached hydrogens (tertiary/aromatic N) is 1. The standard InChI is InChI=1S/C7HCl2F4NO/c8-3-1-2(4(10)6(9)14-3)5(15)7(11,12)13/h1H. The molecule has 0 atom stereocenters. The lowest BCUT2D eigenvalue weighted by Crippen LogP contribution is -2.24. The van der Waals surface area contributed by atoms with Crippen molar-refractivity contribution in [3.8, 4) is 0 Å². The van der Waals surface area contributed by atoms with Gasteiger partial charge in [-0.05, 0) is 6.07 Å². The molecule has 0 N–H and O–H groups in total. The first-order valence-corrected chi connectivity index (χ1v) is 4.12. The Bertz CT molecular complexity index is 418. The van der Waals surface area contributed by atoms with Crippen LogP contribution in [0.15, 0.2) is 6.07 Å². The zero-order chi connectivity index (χ0) is 11.8. The molecule has 1 rings (SSSR count). The van der Waals surface area contributed by atoms with Gasteiger partial charge in [-0.3, -0.25) is 4.79 Å². The smallest absolute Gasteiger partial charge is 0.284 e. The number of rotatable bonds is 1. The van der Waals surface area contributed by atoms with Crippen LogP contribution in [0, 0.1) is 5.82 Å². The molecule has 0 radical (unpaired) electrons. The lowest BCUT2D eigenvalue weighted by Gasteiger charge is -2.06. The van der Waals surface area contributed by atoms with Gasteiger partial charge in [0.2, 0.25) is 0 Å². The Morgan fingerprint density at radius 2 is 1.87 bits per heavy atom. The number of alkyl halides is 3. The molecular weight excluding hydrogens is 261 g/mol. The molecule has 0 aliphatic carbocycles. The Morgan fingerprint density at radius 1 is 1.33 bits per heavy atom. The van der Waals surface area contributed by atoms with Crippen LogP contribution < -0.4 is 0 Å². The highest BCUT2D eigenvalue weighted by atomic mass is 35.5. The number of carbonyl (C=O) groups excluding carboxylic acids is 1. The van der Waals surface area contributed by atoms with Crippen molar-refractivity contribution in [3.63, 3.8) is 0 Å². The van der Waals surface area contributed by atoms with Crippen molar-refractivity contribution in [3.05, 3.63) is 27.8 Å². The topological polar surface area (TPSA) is 30.0 Å². The molecule has 8 heteroatoms. The minimum atomic E-state index is -5.19. The number of carbonyl (C=O) groups is 1. The van der Waals surface area contributed by atoms with Crippen LogP contribution in [0.5, 0.6) is 0 Å². The predicted octanol–water partition coefficient (Wildman–Crippen LogP) is 3.27. The van der Waals surface area contributed by atoms with Crippen LogP contribution in [0.25, 0.3) is 0 Å². The number of hydrogen-bond acceptors (Lipinski definition) is 2. The molecule has 0 spiro atoms. The van der Waals surface area contributed by atoms with Gasteiger partial charge in [0.05, 0.1) is 5.56 Å². The number of aromatic nitrogens is 1. The minimum Gasteiger partial charge on any atom is -0.284 e. The quantitative estimate of drug-likeness (QED) is 0.441. The number of ketones is 1. The van der Waals surface area contributed by atoms with E-state index in [1.807, 2.05) is 0 Å². The van der Waals surface area contributed by atoms with Gasteiger partial charge in [-0.1, -0.05) is 23.2 Å². The molecule has 0 bridgehead atoms. The fraction of sp³-hybridized carbons (Fsp3) is 0.143. The van der Waals surface area contributed by atoms with Gasteiger partial charge in [-0.15, -0.1) is 0 Å².